The van der Waals surface area contributed by atoms with Crippen LogP contribution >= 0.6 is 0 Å². The van der Waals surface area contributed by atoms with Crippen LogP contribution in [0, 0.1) is 0 Å². The van der Waals surface area contributed by atoms with Crippen molar-refractivity contribution in [1.29, 1.82) is 0 Å². The van der Waals surface area contributed by atoms with Crippen LogP contribution < -0.4 is 4.90 Å². The third-order valence-corrected chi connectivity index (χ3v) is 5.92. The number of fused-ring (bicyclic) bond motifs is 1. The van der Waals surface area contributed by atoms with Crippen molar-refractivity contribution in [2.24, 2.45) is 0 Å². The predicted octanol–water partition coefficient (Wildman–Crippen LogP) is 2.26. The number of para-hydroxylation sites is 1. The fourth-order valence-electron chi connectivity index (χ4n) is 2.88. The van der Waals surface area contributed by atoms with E-state index in [2.05, 4.69) is 4.90 Å². The molecule has 0 aliphatic carbocycles. The lowest BCUT2D eigenvalue weighted by Crippen LogP contribution is -2.36. The fraction of sp³-hybridized carbons (Fsp3) is 0.278. The van der Waals surface area contributed by atoms with E-state index < -0.39 is 9.84 Å². The lowest BCUT2D eigenvalue weighted by Gasteiger charge is -2.31. The van der Waals surface area contributed by atoms with E-state index in [1.54, 1.807) is 12.1 Å². The second kappa shape index (κ2) is 6.54. The van der Waals surface area contributed by atoms with Crippen LogP contribution in [-0.4, -0.2) is 33.5 Å². The topological polar surface area (TPSA) is 54.5 Å². The Kier molecular flexibility index (Phi) is 4.48. The van der Waals surface area contributed by atoms with Gasteiger partial charge in [-0.15, -0.1) is 0 Å². The average Bonchev–Trinajstić information content (AvgIpc) is 2.56. The van der Waals surface area contributed by atoms with Crippen LogP contribution in [0.15, 0.2) is 53.4 Å². The third-order valence-electron chi connectivity index (χ3n) is 4.18. The molecular formula is C18H19NO3S. The van der Waals surface area contributed by atoms with Crippen molar-refractivity contribution >= 4 is 21.8 Å². The number of sulfone groups is 1. The lowest BCUT2D eigenvalue weighted by molar-refractivity contribution is -0.107. The van der Waals surface area contributed by atoms with Crippen molar-refractivity contribution < 1.29 is 13.2 Å². The first-order valence-corrected chi connectivity index (χ1v) is 9.33. The molecule has 23 heavy (non-hydrogen) atoms. The summed E-state index contributed by atoms with van der Waals surface area (Å²) < 4.78 is 24.3. The smallest absolute Gasteiger partial charge is 0.182 e. The third kappa shape index (κ3) is 3.45. The first-order chi connectivity index (χ1) is 11.1. The Bertz CT molecular complexity index is 797. The van der Waals surface area contributed by atoms with Gasteiger partial charge in [0.25, 0.3) is 0 Å². The molecule has 0 atom stereocenters. The maximum atomic E-state index is 12.1. The molecule has 0 aromatic heterocycles. The Labute approximate surface area is 136 Å². The van der Waals surface area contributed by atoms with Gasteiger partial charge >= 0.3 is 0 Å². The predicted molar refractivity (Wildman–Crippen MR) is 90.6 cm³/mol. The minimum Gasteiger partial charge on any atom is -0.369 e. The molecule has 1 aliphatic heterocycles. The summed E-state index contributed by atoms with van der Waals surface area (Å²) in [5, 5.41) is 0. The highest BCUT2D eigenvalue weighted by atomic mass is 32.2. The summed E-state index contributed by atoms with van der Waals surface area (Å²) in [5.74, 6) is 0.169. The number of hydrogen-bond donors (Lipinski definition) is 0. The van der Waals surface area contributed by atoms with Crippen molar-refractivity contribution in [2.75, 3.05) is 23.7 Å². The van der Waals surface area contributed by atoms with Gasteiger partial charge in [-0.25, -0.2) is 8.42 Å². The van der Waals surface area contributed by atoms with Crippen molar-refractivity contribution in [3.63, 3.8) is 0 Å². The summed E-state index contributed by atoms with van der Waals surface area (Å²) in [6.45, 7) is 1.31. The minimum atomic E-state index is -3.14. The van der Waals surface area contributed by atoms with E-state index in [-0.39, 0.29) is 5.75 Å². The van der Waals surface area contributed by atoms with Gasteiger partial charge in [-0.05, 0) is 29.7 Å². The molecule has 0 spiro atoms. The molecule has 120 valence electrons. The van der Waals surface area contributed by atoms with Gasteiger partial charge in [0.15, 0.2) is 9.84 Å². The van der Waals surface area contributed by atoms with Crippen LogP contribution in [0.2, 0.25) is 0 Å². The zero-order valence-electron chi connectivity index (χ0n) is 12.8. The van der Waals surface area contributed by atoms with Crippen molar-refractivity contribution in [1.82, 2.24) is 0 Å². The Balaban J connectivity index is 1.73. The average molecular weight is 329 g/mol. The highest BCUT2D eigenvalue weighted by Gasteiger charge is 2.27. The van der Waals surface area contributed by atoms with Gasteiger partial charge in [-0.3, -0.25) is 0 Å². The largest absolute Gasteiger partial charge is 0.369 e. The van der Waals surface area contributed by atoms with Gasteiger partial charge in [-0.2, -0.15) is 0 Å². The van der Waals surface area contributed by atoms with E-state index in [0.29, 0.717) is 17.9 Å². The molecule has 0 unspecified atom stereocenters. The van der Waals surface area contributed by atoms with Crippen LogP contribution in [0.3, 0.4) is 0 Å². The first-order valence-electron chi connectivity index (χ1n) is 7.68. The highest BCUT2D eigenvalue weighted by molar-refractivity contribution is 7.91. The van der Waals surface area contributed by atoms with E-state index in [9.17, 15) is 13.2 Å². The second-order valence-corrected chi connectivity index (χ2v) is 7.79. The number of benzene rings is 2. The summed E-state index contributed by atoms with van der Waals surface area (Å²) in [7, 11) is -3.14. The van der Waals surface area contributed by atoms with Crippen LogP contribution in [0.4, 0.5) is 5.69 Å². The number of nitrogens with zero attached hydrogens (tertiary/aromatic N) is 1. The summed E-state index contributed by atoms with van der Waals surface area (Å²) in [5.41, 5.74) is 3.00. The summed E-state index contributed by atoms with van der Waals surface area (Å²) in [6.07, 6.45) is 2.19. The highest BCUT2D eigenvalue weighted by Crippen LogP contribution is 2.30. The Morgan fingerprint density at radius 3 is 2.43 bits per heavy atom. The van der Waals surface area contributed by atoms with E-state index in [0.717, 1.165) is 30.5 Å². The summed E-state index contributed by atoms with van der Waals surface area (Å²) in [4.78, 5) is 13.1. The molecule has 2 aromatic rings. The zero-order valence-corrected chi connectivity index (χ0v) is 13.6. The van der Waals surface area contributed by atoms with E-state index in [4.69, 9.17) is 0 Å². The SMILES string of the molecule is O=CCc1ccc(CCN2CCS(=O)(=O)c3ccccc32)cc1. The van der Waals surface area contributed by atoms with Gasteiger partial charge in [0.05, 0.1) is 16.3 Å². The number of carbonyl (C=O) groups excluding carboxylic acids is 1. The van der Waals surface area contributed by atoms with Gasteiger partial charge in [0, 0.05) is 19.5 Å². The van der Waals surface area contributed by atoms with Crippen molar-refractivity contribution in [3.8, 4) is 0 Å². The normalized spacial score (nSPS) is 15.9. The van der Waals surface area contributed by atoms with E-state index >= 15 is 0 Å². The molecule has 4 nitrogen and oxygen atoms in total. The molecule has 3 rings (SSSR count). The summed E-state index contributed by atoms with van der Waals surface area (Å²) >= 11 is 0. The van der Waals surface area contributed by atoms with E-state index in [1.807, 2.05) is 36.4 Å². The lowest BCUT2D eigenvalue weighted by atomic mass is 10.1. The number of carbonyl (C=O) groups is 1. The minimum absolute atomic E-state index is 0.169. The quantitative estimate of drug-likeness (QED) is 0.790. The van der Waals surface area contributed by atoms with Crippen LogP contribution in [0.1, 0.15) is 11.1 Å². The molecule has 0 bridgehead atoms. The molecule has 0 N–H and O–H groups in total. The maximum Gasteiger partial charge on any atom is 0.182 e. The van der Waals surface area contributed by atoms with Gasteiger partial charge in [0.2, 0.25) is 0 Å². The Morgan fingerprint density at radius 1 is 1.00 bits per heavy atom. The fourth-order valence-corrected chi connectivity index (χ4v) is 4.36. The molecule has 1 aliphatic rings. The Morgan fingerprint density at radius 2 is 1.70 bits per heavy atom. The van der Waals surface area contributed by atoms with Crippen molar-refractivity contribution in [2.45, 2.75) is 17.7 Å². The van der Waals surface area contributed by atoms with Crippen LogP contribution in [0.5, 0.6) is 0 Å². The first kappa shape index (κ1) is 15.7. The molecule has 0 saturated heterocycles. The maximum absolute atomic E-state index is 12.1. The molecule has 2 aromatic carbocycles. The molecule has 0 saturated carbocycles. The molecule has 0 amide bonds. The van der Waals surface area contributed by atoms with Gasteiger partial charge in [-0.1, -0.05) is 36.4 Å². The standard InChI is InChI=1S/C18H19NO3S/c20-13-10-16-7-5-15(6-8-16)9-11-19-12-14-23(21,22)18-4-2-1-3-17(18)19/h1-8,13H,9-12,14H2. The van der Waals surface area contributed by atoms with Crippen LogP contribution in [-0.2, 0) is 27.5 Å². The molecule has 5 heteroatoms. The number of hydrogen-bond acceptors (Lipinski definition) is 4. The number of aldehydes is 1. The molecule has 0 radical (unpaired) electrons. The second-order valence-electron chi connectivity index (χ2n) is 5.71. The molecular weight excluding hydrogens is 310 g/mol. The van der Waals surface area contributed by atoms with Crippen molar-refractivity contribution in [3.05, 3.63) is 59.7 Å². The molecule has 0 fully saturated rings. The summed E-state index contributed by atoms with van der Waals surface area (Å²) in [6, 6.07) is 15.2. The van der Waals surface area contributed by atoms with Gasteiger partial charge in [0.1, 0.15) is 6.29 Å². The monoisotopic (exact) mass is 329 g/mol. The number of anilines is 1. The number of rotatable bonds is 5. The zero-order chi connectivity index (χ0) is 16.3. The Hall–Kier alpha value is -2.14. The molecule has 1 heterocycles. The van der Waals surface area contributed by atoms with Crippen LogP contribution in [0.25, 0.3) is 0 Å². The van der Waals surface area contributed by atoms with E-state index in [1.165, 1.54) is 5.56 Å². The van der Waals surface area contributed by atoms with Gasteiger partial charge < -0.3 is 9.69 Å².